The molecule has 0 aromatic carbocycles. The molecule has 1 fully saturated rings. The lowest BCUT2D eigenvalue weighted by molar-refractivity contribution is 0.314. The van der Waals surface area contributed by atoms with Crippen molar-refractivity contribution in [3.63, 3.8) is 0 Å². The highest BCUT2D eigenvalue weighted by molar-refractivity contribution is 5.52. The van der Waals surface area contributed by atoms with Crippen molar-refractivity contribution in [1.82, 2.24) is 14.9 Å². The summed E-state index contributed by atoms with van der Waals surface area (Å²) in [5.41, 5.74) is 5.76. The number of nitrogens with two attached hydrogens (primary N) is 1. The molecule has 0 spiro atoms. The minimum atomic E-state index is 0.320. The lowest BCUT2D eigenvalue weighted by Gasteiger charge is -2.26. The first-order valence-corrected chi connectivity index (χ1v) is 6.90. The van der Waals surface area contributed by atoms with Crippen LogP contribution in [0.2, 0.25) is 0 Å². The average Bonchev–Trinajstić information content (AvgIpc) is 2.75. The van der Waals surface area contributed by atoms with Gasteiger partial charge < -0.3 is 20.9 Å². The van der Waals surface area contributed by atoms with Crippen LogP contribution in [0.4, 0.5) is 17.6 Å². The number of likely N-dealkylation sites (N-methyl/N-ethyl adjacent to an activating group) is 2. The summed E-state index contributed by atoms with van der Waals surface area (Å²) in [7, 11) is 4.24. The molecule has 0 saturated carbocycles. The van der Waals surface area contributed by atoms with Gasteiger partial charge in [-0.1, -0.05) is 0 Å². The van der Waals surface area contributed by atoms with Gasteiger partial charge in [-0.3, -0.25) is 0 Å². The van der Waals surface area contributed by atoms with E-state index in [9.17, 15) is 0 Å². The summed E-state index contributed by atoms with van der Waals surface area (Å²) >= 11 is 0. The number of rotatable bonds is 5. The minimum Gasteiger partial charge on any atom is -0.370 e. The number of aromatic nitrogens is 2. The van der Waals surface area contributed by atoms with Crippen molar-refractivity contribution >= 4 is 17.6 Å². The van der Waals surface area contributed by atoms with Gasteiger partial charge in [-0.15, -0.1) is 0 Å². The molecule has 106 valence electrons. The number of hydrogen-bond donors (Lipinski definition) is 2. The quantitative estimate of drug-likeness (QED) is 0.827. The van der Waals surface area contributed by atoms with Crippen LogP contribution in [-0.2, 0) is 0 Å². The summed E-state index contributed by atoms with van der Waals surface area (Å²) in [5.74, 6) is 1.99. The highest BCUT2D eigenvalue weighted by Crippen LogP contribution is 2.20. The Labute approximate surface area is 115 Å². The van der Waals surface area contributed by atoms with Crippen LogP contribution in [0.1, 0.15) is 19.8 Å². The van der Waals surface area contributed by atoms with Crippen LogP contribution < -0.4 is 16.0 Å². The van der Waals surface area contributed by atoms with E-state index in [2.05, 4.69) is 39.2 Å². The minimum absolute atomic E-state index is 0.320. The largest absolute Gasteiger partial charge is 0.370 e. The smallest absolute Gasteiger partial charge is 0.223 e. The van der Waals surface area contributed by atoms with Crippen LogP contribution in [0.5, 0.6) is 0 Å². The van der Waals surface area contributed by atoms with Crippen LogP contribution in [-0.4, -0.2) is 54.6 Å². The molecule has 0 bridgehead atoms. The van der Waals surface area contributed by atoms with E-state index in [4.69, 9.17) is 5.73 Å². The van der Waals surface area contributed by atoms with Gasteiger partial charge >= 0.3 is 0 Å². The van der Waals surface area contributed by atoms with Gasteiger partial charge in [-0.2, -0.15) is 9.97 Å². The van der Waals surface area contributed by atoms with E-state index in [-0.39, 0.29) is 0 Å². The van der Waals surface area contributed by atoms with Gasteiger partial charge in [-0.05, 0) is 33.4 Å². The molecule has 1 aliphatic heterocycles. The molecule has 6 nitrogen and oxygen atoms in total. The second-order valence-corrected chi connectivity index (χ2v) is 5.16. The third-order valence-electron chi connectivity index (χ3n) is 3.64. The van der Waals surface area contributed by atoms with Gasteiger partial charge in [0.05, 0.1) is 0 Å². The zero-order chi connectivity index (χ0) is 13.8. The van der Waals surface area contributed by atoms with Gasteiger partial charge in [-0.25, -0.2) is 0 Å². The highest BCUT2D eigenvalue weighted by Gasteiger charge is 2.22. The summed E-state index contributed by atoms with van der Waals surface area (Å²) in [6.07, 6.45) is 2.53. The van der Waals surface area contributed by atoms with Crippen molar-refractivity contribution in [2.75, 3.05) is 49.7 Å². The molecule has 1 atom stereocenters. The summed E-state index contributed by atoms with van der Waals surface area (Å²) < 4.78 is 0. The number of nitrogens with zero attached hydrogens (tertiary/aromatic N) is 4. The second kappa shape index (κ2) is 6.06. The molecule has 6 heteroatoms. The van der Waals surface area contributed by atoms with Gasteiger partial charge in [0.1, 0.15) is 11.6 Å². The molecule has 1 aromatic rings. The van der Waals surface area contributed by atoms with E-state index in [1.54, 1.807) is 0 Å². The Kier molecular flexibility index (Phi) is 4.42. The monoisotopic (exact) mass is 264 g/mol. The second-order valence-electron chi connectivity index (χ2n) is 5.16. The Hall–Kier alpha value is -1.56. The van der Waals surface area contributed by atoms with Crippen molar-refractivity contribution < 1.29 is 0 Å². The van der Waals surface area contributed by atoms with Gasteiger partial charge in [0.2, 0.25) is 5.95 Å². The lowest BCUT2D eigenvalue weighted by atomic mass is 10.2. The fourth-order valence-corrected chi connectivity index (χ4v) is 2.54. The van der Waals surface area contributed by atoms with Crippen molar-refractivity contribution in [2.45, 2.75) is 25.8 Å². The van der Waals surface area contributed by atoms with E-state index in [1.165, 1.54) is 19.4 Å². The zero-order valence-electron chi connectivity index (χ0n) is 12.1. The highest BCUT2D eigenvalue weighted by atomic mass is 15.2. The van der Waals surface area contributed by atoms with Crippen LogP contribution in [0.15, 0.2) is 6.07 Å². The predicted octanol–water partition coefficient (Wildman–Crippen LogP) is 1.02. The third-order valence-corrected chi connectivity index (χ3v) is 3.64. The Morgan fingerprint density at radius 3 is 2.95 bits per heavy atom. The normalized spacial score (nSPS) is 19.6. The van der Waals surface area contributed by atoms with Crippen molar-refractivity contribution in [3.8, 4) is 0 Å². The molecule has 0 radical (unpaired) electrons. The molecule has 1 unspecified atom stereocenters. The van der Waals surface area contributed by atoms with Crippen LogP contribution in [0, 0.1) is 0 Å². The van der Waals surface area contributed by atoms with Gasteiger partial charge in [0.25, 0.3) is 0 Å². The summed E-state index contributed by atoms with van der Waals surface area (Å²) in [5, 5.41) is 3.18. The van der Waals surface area contributed by atoms with Crippen molar-refractivity contribution in [2.24, 2.45) is 0 Å². The van der Waals surface area contributed by atoms with Gasteiger partial charge in [0.15, 0.2) is 0 Å². The zero-order valence-corrected chi connectivity index (χ0v) is 12.1. The first-order chi connectivity index (χ1) is 9.10. The van der Waals surface area contributed by atoms with E-state index in [1.807, 2.05) is 13.0 Å². The first kappa shape index (κ1) is 13.9. The molecular formula is C13H24N6. The fraction of sp³-hybridized carbons (Fsp3) is 0.692. The molecule has 1 saturated heterocycles. The van der Waals surface area contributed by atoms with Crippen LogP contribution in [0.3, 0.4) is 0 Å². The SMILES string of the molecule is CCNc1cc(N(C)CC2CCCN2C)nc(N)n1. The van der Waals surface area contributed by atoms with E-state index >= 15 is 0 Å². The van der Waals surface area contributed by atoms with Crippen LogP contribution >= 0.6 is 0 Å². The van der Waals surface area contributed by atoms with E-state index in [0.717, 1.165) is 24.7 Å². The number of nitrogen functional groups attached to an aromatic ring is 1. The summed E-state index contributed by atoms with van der Waals surface area (Å²) in [6, 6.07) is 2.55. The summed E-state index contributed by atoms with van der Waals surface area (Å²) in [6.45, 7) is 5.02. The van der Waals surface area contributed by atoms with Crippen LogP contribution in [0.25, 0.3) is 0 Å². The molecule has 19 heavy (non-hydrogen) atoms. The average molecular weight is 264 g/mol. The maximum absolute atomic E-state index is 5.76. The third kappa shape index (κ3) is 3.47. The number of anilines is 3. The Morgan fingerprint density at radius 1 is 1.53 bits per heavy atom. The maximum atomic E-state index is 5.76. The number of hydrogen-bond acceptors (Lipinski definition) is 6. The molecule has 1 aromatic heterocycles. The van der Waals surface area contributed by atoms with Gasteiger partial charge in [0, 0.05) is 32.2 Å². The molecule has 0 amide bonds. The Morgan fingerprint density at radius 2 is 2.32 bits per heavy atom. The fourth-order valence-electron chi connectivity index (χ4n) is 2.54. The number of nitrogens with one attached hydrogen (secondary N) is 1. The van der Waals surface area contributed by atoms with Crippen molar-refractivity contribution in [3.05, 3.63) is 6.07 Å². The topological polar surface area (TPSA) is 70.3 Å². The molecule has 2 rings (SSSR count). The molecule has 0 aliphatic carbocycles. The molecule has 2 heterocycles. The Bertz CT molecular complexity index is 422. The standard InChI is InChI=1S/C13H24N6/c1-4-15-11-8-12(17-13(14)16-11)19(3)9-10-6-5-7-18(10)2/h8,10H,4-7,9H2,1-3H3,(H3,14,15,16,17). The van der Waals surface area contributed by atoms with Crippen molar-refractivity contribution in [1.29, 1.82) is 0 Å². The summed E-state index contributed by atoms with van der Waals surface area (Å²) in [4.78, 5) is 13.1. The first-order valence-electron chi connectivity index (χ1n) is 6.90. The number of likely N-dealkylation sites (tertiary alicyclic amines) is 1. The Balaban J connectivity index is 2.07. The van der Waals surface area contributed by atoms with E-state index < -0.39 is 0 Å². The predicted molar refractivity (Wildman–Crippen MR) is 79.5 cm³/mol. The molecular weight excluding hydrogens is 240 g/mol. The molecule has 1 aliphatic rings. The van der Waals surface area contributed by atoms with E-state index in [0.29, 0.717) is 12.0 Å². The molecule has 3 N–H and O–H groups in total. The lowest BCUT2D eigenvalue weighted by Crippen LogP contribution is -2.37. The maximum Gasteiger partial charge on any atom is 0.223 e.